The Balaban J connectivity index is 2.22. The molecule has 0 aliphatic rings. The molecule has 0 fully saturated rings. The molecule has 1 amide bonds. The maximum atomic E-state index is 11.8. The molecule has 0 aliphatic carbocycles. The van der Waals surface area contributed by atoms with Gasteiger partial charge < -0.3 is 15.8 Å². The van der Waals surface area contributed by atoms with Gasteiger partial charge in [-0.1, -0.05) is 37.3 Å². The van der Waals surface area contributed by atoms with Crippen molar-refractivity contribution in [3.63, 3.8) is 0 Å². The highest BCUT2D eigenvalue weighted by Gasteiger charge is 2.13. The van der Waals surface area contributed by atoms with Crippen LogP contribution < -0.4 is 11.1 Å². The van der Waals surface area contributed by atoms with Crippen LogP contribution in [0.15, 0.2) is 30.3 Å². The van der Waals surface area contributed by atoms with E-state index < -0.39 is 6.04 Å². The van der Waals surface area contributed by atoms with E-state index >= 15 is 0 Å². The number of nitrogens with two attached hydrogens (primary N) is 1. The summed E-state index contributed by atoms with van der Waals surface area (Å²) in [6.45, 7) is 5.12. The van der Waals surface area contributed by atoms with Crippen molar-refractivity contribution in [3.8, 4) is 0 Å². The van der Waals surface area contributed by atoms with Crippen LogP contribution in [-0.2, 0) is 16.0 Å². The molecule has 106 valence electrons. The van der Waals surface area contributed by atoms with E-state index in [1.807, 2.05) is 37.3 Å². The maximum absolute atomic E-state index is 11.8. The Morgan fingerprint density at radius 2 is 2.05 bits per heavy atom. The zero-order valence-electron chi connectivity index (χ0n) is 11.8. The van der Waals surface area contributed by atoms with E-state index in [0.717, 1.165) is 12.0 Å². The van der Waals surface area contributed by atoms with E-state index in [1.54, 1.807) is 0 Å². The van der Waals surface area contributed by atoms with Gasteiger partial charge in [-0.25, -0.2) is 0 Å². The van der Waals surface area contributed by atoms with Crippen molar-refractivity contribution >= 4 is 5.91 Å². The van der Waals surface area contributed by atoms with Crippen LogP contribution >= 0.6 is 0 Å². The van der Waals surface area contributed by atoms with Gasteiger partial charge in [-0.15, -0.1) is 0 Å². The van der Waals surface area contributed by atoms with Gasteiger partial charge in [0.05, 0.1) is 18.8 Å². The number of hydrogen-bond acceptors (Lipinski definition) is 3. The van der Waals surface area contributed by atoms with Crippen LogP contribution in [0.4, 0.5) is 0 Å². The third kappa shape index (κ3) is 6.36. The fraction of sp³-hybridized carbons (Fsp3) is 0.533. The van der Waals surface area contributed by atoms with Gasteiger partial charge in [0.15, 0.2) is 0 Å². The van der Waals surface area contributed by atoms with Crippen LogP contribution in [0.3, 0.4) is 0 Å². The number of amides is 1. The van der Waals surface area contributed by atoms with E-state index in [2.05, 4.69) is 12.2 Å². The molecule has 2 atom stereocenters. The minimum absolute atomic E-state index is 0.128. The average molecular weight is 264 g/mol. The number of nitrogens with one attached hydrogen (secondary N) is 1. The largest absolute Gasteiger partial charge is 0.377 e. The molecule has 0 saturated carbocycles. The first-order valence-electron chi connectivity index (χ1n) is 6.82. The van der Waals surface area contributed by atoms with Gasteiger partial charge in [0.2, 0.25) is 5.91 Å². The third-order valence-electron chi connectivity index (χ3n) is 3.01. The predicted molar refractivity (Wildman–Crippen MR) is 76.8 cm³/mol. The highest BCUT2D eigenvalue weighted by Crippen LogP contribution is 2.01. The molecule has 0 aliphatic heterocycles. The van der Waals surface area contributed by atoms with Gasteiger partial charge in [0.25, 0.3) is 0 Å². The molecule has 0 saturated heterocycles. The molecule has 1 rings (SSSR count). The van der Waals surface area contributed by atoms with Crippen molar-refractivity contribution in [3.05, 3.63) is 35.9 Å². The van der Waals surface area contributed by atoms with Gasteiger partial charge in [0.1, 0.15) is 0 Å². The lowest BCUT2D eigenvalue weighted by atomic mass is 10.1. The SMILES string of the molecule is CC[C@@H](C)OCCNC(=O)C(N)Cc1ccccc1. The molecule has 4 heteroatoms. The summed E-state index contributed by atoms with van der Waals surface area (Å²) < 4.78 is 5.48. The Bertz CT molecular complexity index is 368. The lowest BCUT2D eigenvalue weighted by Gasteiger charge is -2.14. The molecular weight excluding hydrogens is 240 g/mol. The third-order valence-corrected chi connectivity index (χ3v) is 3.01. The molecule has 1 unspecified atom stereocenters. The number of carbonyl (C=O) groups is 1. The number of benzene rings is 1. The van der Waals surface area contributed by atoms with Gasteiger partial charge in [-0.2, -0.15) is 0 Å². The Hall–Kier alpha value is -1.39. The van der Waals surface area contributed by atoms with Crippen LogP contribution in [0.25, 0.3) is 0 Å². The van der Waals surface area contributed by atoms with Gasteiger partial charge in [0, 0.05) is 6.54 Å². The Morgan fingerprint density at radius 3 is 2.68 bits per heavy atom. The van der Waals surface area contributed by atoms with E-state index in [1.165, 1.54) is 0 Å². The lowest BCUT2D eigenvalue weighted by Crippen LogP contribution is -2.43. The van der Waals surface area contributed by atoms with Crippen molar-refractivity contribution in [1.82, 2.24) is 5.32 Å². The molecule has 3 N–H and O–H groups in total. The number of rotatable bonds is 8. The van der Waals surface area contributed by atoms with Gasteiger partial charge >= 0.3 is 0 Å². The summed E-state index contributed by atoms with van der Waals surface area (Å²) in [5.41, 5.74) is 6.93. The Labute approximate surface area is 115 Å². The normalized spacial score (nSPS) is 13.8. The second kappa shape index (κ2) is 8.67. The topological polar surface area (TPSA) is 64.3 Å². The van der Waals surface area contributed by atoms with Gasteiger partial charge in [-0.05, 0) is 25.3 Å². The van der Waals surface area contributed by atoms with Crippen LogP contribution in [-0.4, -0.2) is 31.2 Å². The van der Waals surface area contributed by atoms with Crippen molar-refractivity contribution in [2.45, 2.75) is 38.8 Å². The van der Waals surface area contributed by atoms with Gasteiger partial charge in [-0.3, -0.25) is 4.79 Å². The molecule has 0 radical (unpaired) electrons. The van der Waals surface area contributed by atoms with Crippen LogP contribution in [0, 0.1) is 0 Å². The monoisotopic (exact) mass is 264 g/mol. The molecule has 1 aromatic carbocycles. The summed E-state index contributed by atoms with van der Waals surface area (Å²) in [5.74, 6) is -0.128. The fourth-order valence-electron chi connectivity index (χ4n) is 1.64. The van der Waals surface area contributed by atoms with E-state index in [0.29, 0.717) is 19.6 Å². The van der Waals surface area contributed by atoms with Crippen molar-refractivity contribution in [2.24, 2.45) is 5.73 Å². The van der Waals surface area contributed by atoms with Crippen molar-refractivity contribution in [1.29, 1.82) is 0 Å². The summed E-state index contributed by atoms with van der Waals surface area (Å²) in [6.07, 6.45) is 1.76. The molecule has 0 aromatic heterocycles. The molecule has 19 heavy (non-hydrogen) atoms. The zero-order chi connectivity index (χ0) is 14.1. The summed E-state index contributed by atoms with van der Waals surface area (Å²) >= 11 is 0. The second-order valence-corrected chi connectivity index (χ2v) is 4.68. The molecule has 0 spiro atoms. The Kier molecular flexibility index (Phi) is 7.15. The van der Waals surface area contributed by atoms with E-state index in [-0.39, 0.29) is 12.0 Å². The number of carbonyl (C=O) groups excluding carboxylic acids is 1. The van der Waals surface area contributed by atoms with Crippen LogP contribution in [0.2, 0.25) is 0 Å². The zero-order valence-corrected chi connectivity index (χ0v) is 11.8. The van der Waals surface area contributed by atoms with Crippen LogP contribution in [0.5, 0.6) is 0 Å². The molecule has 4 nitrogen and oxygen atoms in total. The fourth-order valence-corrected chi connectivity index (χ4v) is 1.64. The maximum Gasteiger partial charge on any atom is 0.237 e. The summed E-state index contributed by atoms with van der Waals surface area (Å²) in [5, 5.41) is 2.79. The molecular formula is C15H24N2O2. The first kappa shape index (κ1) is 15.7. The lowest BCUT2D eigenvalue weighted by molar-refractivity contribution is -0.122. The first-order chi connectivity index (χ1) is 9.13. The first-order valence-corrected chi connectivity index (χ1v) is 6.82. The van der Waals surface area contributed by atoms with Crippen LogP contribution in [0.1, 0.15) is 25.8 Å². The number of hydrogen-bond donors (Lipinski definition) is 2. The molecule has 1 aromatic rings. The predicted octanol–water partition coefficient (Wildman–Crippen LogP) is 1.49. The number of ether oxygens (including phenoxy) is 1. The van der Waals surface area contributed by atoms with Crippen molar-refractivity contribution in [2.75, 3.05) is 13.2 Å². The second-order valence-electron chi connectivity index (χ2n) is 4.68. The summed E-state index contributed by atoms with van der Waals surface area (Å²) in [6, 6.07) is 9.27. The molecule has 0 bridgehead atoms. The molecule has 0 heterocycles. The highest BCUT2D eigenvalue weighted by molar-refractivity contribution is 5.81. The Morgan fingerprint density at radius 1 is 1.37 bits per heavy atom. The summed E-state index contributed by atoms with van der Waals surface area (Å²) in [7, 11) is 0. The average Bonchev–Trinajstić information content (AvgIpc) is 2.44. The standard InChI is InChI=1S/C15H24N2O2/c1-3-12(2)19-10-9-17-15(18)14(16)11-13-7-5-4-6-8-13/h4-8,12,14H,3,9-11,16H2,1-2H3,(H,17,18)/t12-,14?/m1/s1. The smallest absolute Gasteiger partial charge is 0.237 e. The minimum atomic E-state index is -0.508. The quantitative estimate of drug-likeness (QED) is 0.699. The highest BCUT2D eigenvalue weighted by atomic mass is 16.5. The van der Waals surface area contributed by atoms with E-state index in [4.69, 9.17) is 10.5 Å². The minimum Gasteiger partial charge on any atom is -0.377 e. The van der Waals surface area contributed by atoms with E-state index in [9.17, 15) is 4.79 Å². The van der Waals surface area contributed by atoms with Crippen molar-refractivity contribution < 1.29 is 9.53 Å². The summed E-state index contributed by atoms with van der Waals surface area (Å²) in [4.78, 5) is 11.8.